The van der Waals surface area contributed by atoms with Gasteiger partial charge in [-0.2, -0.15) is 0 Å². The zero-order chi connectivity index (χ0) is 11.8. The van der Waals surface area contributed by atoms with E-state index in [9.17, 15) is 4.79 Å². The van der Waals surface area contributed by atoms with Crippen molar-refractivity contribution in [2.24, 2.45) is 0 Å². The fourth-order valence-electron chi connectivity index (χ4n) is 1.33. The second-order valence-corrected chi connectivity index (χ2v) is 3.40. The fourth-order valence-corrected chi connectivity index (χ4v) is 1.33. The molecule has 1 N–H and O–H groups in total. The number of hydrogen-bond acceptors (Lipinski definition) is 3. The number of hydrogen-bond donors (Lipinski definition) is 1. The number of aliphatic carboxylic acids is 1. The molecule has 0 aromatic heterocycles. The molecule has 0 radical (unpaired) electrons. The number of rotatable bonds is 7. The lowest BCUT2D eigenvalue weighted by Crippen LogP contribution is -2.08. The van der Waals surface area contributed by atoms with Crippen LogP contribution < -0.4 is 4.74 Å². The standard InChI is InChI=1S/C12H16O4/c1-15-11-6-4-10(5-7-11)3-2-8-16-9-12(13)14/h4-7H,2-3,8-9H2,1H3,(H,13,14). The van der Waals surface area contributed by atoms with Gasteiger partial charge in [-0.15, -0.1) is 0 Å². The van der Waals surface area contributed by atoms with Crippen molar-refractivity contribution in [3.05, 3.63) is 29.8 Å². The maximum atomic E-state index is 10.2. The lowest BCUT2D eigenvalue weighted by Gasteiger charge is -2.03. The van der Waals surface area contributed by atoms with Crippen LogP contribution in [0.1, 0.15) is 12.0 Å². The first-order valence-corrected chi connectivity index (χ1v) is 5.15. The van der Waals surface area contributed by atoms with Crippen LogP contribution in [0.5, 0.6) is 5.75 Å². The van der Waals surface area contributed by atoms with E-state index in [-0.39, 0.29) is 6.61 Å². The van der Waals surface area contributed by atoms with E-state index in [1.54, 1.807) is 7.11 Å². The number of carboxylic acids is 1. The van der Waals surface area contributed by atoms with Crippen molar-refractivity contribution in [3.63, 3.8) is 0 Å². The molecule has 1 aromatic carbocycles. The highest BCUT2D eigenvalue weighted by atomic mass is 16.5. The minimum atomic E-state index is -0.926. The van der Waals surface area contributed by atoms with Gasteiger partial charge in [0, 0.05) is 6.61 Å². The largest absolute Gasteiger partial charge is 0.497 e. The van der Waals surface area contributed by atoms with Gasteiger partial charge in [0.1, 0.15) is 12.4 Å². The number of benzene rings is 1. The molecule has 0 aliphatic rings. The molecule has 0 saturated carbocycles. The summed E-state index contributed by atoms with van der Waals surface area (Å²) in [5.41, 5.74) is 1.19. The van der Waals surface area contributed by atoms with Crippen molar-refractivity contribution >= 4 is 5.97 Å². The first-order chi connectivity index (χ1) is 7.72. The van der Waals surface area contributed by atoms with Crippen LogP contribution in [0.2, 0.25) is 0 Å². The first-order valence-electron chi connectivity index (χ1n) is 5.15. The molecule has 0 amide bonds. The predicted octanol–water partition coefficient (Wildman–Crippen LogP) is 1.73. The van der Waals surface area contributed by atoms with Crippen molar-refractivity contribution < 1.29 is 19.4 Å². The van der Waals surface area contributed by atoms with E-state index in [1.165, 1.54) is 5.56 Å². The van der Waals surface area contributed by atoms with E-state index in [4.69, 9.17) is 14.6 Å². The van der Waals surface area contributed by atoms with Crippen molar-refractivity contribution in [1.29, 1.82) is 0 Å². The van der Waals surface area contributed by atoms with Gasteiger partial charge < -0.3 is 14.6 Å². The van der Waals surface area contributed by atoms with Crippen LogP contribution in [0.3, 0.4) is 0 Å². The Bertz CT molecular complexity index is 318. The van der Waals surface area contributed by atoms with E-state index in [0.717, 1.165) is 18.6 Å². The number of ether oxygens (including phenoxy) is 2. The van der Waals surface area contributed by atoms with E-state index in [2.05, 4.69) is 0 Å². The summed E-state index contributed by atoms with van der Waals surface area (Å²) in [5, 5.41) is 8.35. The van der Waals surface area contributed by atoms with E-state index >= 15 is 0 Å². The minimum absolute atomic E-state index is 0.220. The summed E-state index contributed by atoms with van der Waals surface area (Å²) in [5.74, 6) is -0.0877. The molecular formula is C12H16O4. The molecule has 16 heavy (non-hydrogen) atoms. The van der Waals surface area contributed by atoms with E-state index in [1.807, 2.05) is 24.3 Å². The average molecular weight is 224 g/mol. The Kier molecular flexibility index (Phi) is 5.36. The summed E-state index contributed by atoms with van der Waals surface area (Å²) in [4.78, 5) is 10.2. The summed E-state index contributed by atoms with van der Waals surface area (Å²) in [7, 11) is 1.63. The van der Waals surface area contributed by atoms with Gasteiger partial charge >= 0.3 is 5.97 Å². The highest BCUT2D eigenvalue weighted by Crippen LogP contribution is 2.12. The van der Waals surface area contributed by atoms with Gasteiger partial charge in [-0.25, -0.2) is 4.79 Å². The third kappa shape index (κ3) is 4.79. The second-order valence-electron chi connectivity index (χ2n) is 3.40. The highest BCUT2D eigenvalue weighted by Gasteiger charge is 1.97. The molecule has 1 aromatic rings. The molecule has 0 atom stereocenters. The zero-order valence-electron chi connectivity index (χ0n) is 9.31. The summed E-state index contributed by atoms with van der Waals surface area (Å²) in [6.07, 6.45) is 1.70. The predicted molar refractivity (Wildman–Crippen MR) is 59.8 cm³/mol. The van der Waals surface area contributed by atoms with Gasteiger partial charge in [-0.1, -0.05) is 12.1 Å². The lowest BCUT2D eigenvalue weighted by molar-refractivity contribution is -0.142. The Morgan fingerprint density at radius 2 is 2.00 bits per heavy atom. The molecule has 88 valence electrons. The molecule has 0 fully saturated rings. The molecule has 0 aliphatic carbocycles. The maximum Gasteiger partial charge on any atom is 0.329 e. The van der Waals surface area contributed by atoms with Crippen LogP contribution in [-0.4, -0.2) is 31.4 Å². The highest BCUT2D eigenvalue weighted by molar-refractivity contribution is 5.67. The Hall–Kier alpha value is -1.55. The van der Waals surface area contributed by atoms with Crippen LogP contribution >= 0.6 is 0 Å². The van der Waals surface area contributed by atoms with Crippen LogP contribution in [0.4, 0.5) is 0 Å². The summed E-state index contributed by atoms with van der Waals surface area (Å²) < 4.78 is 9.99. The molecule has 1 rings (SSSR count). The van der Waals surface area contributed by atoms with Crippen molar-refractivity contribution in [2.75, 3.05) is 20.3 Å². The third-order valence-corrected chi connectivity index (χ3v) is 2.14. The van der Waals surface area contributed by atoms with Crippen LogP contribution in [0.15, 0.2) is 24.3 Å². The number of carbonyl (C=O) groups is 1. The van der Waals surface area contributed by atoms with Crippen molar-refractivity contribution in [3.8, 4) is 5.75 Å². The minimum Gasteiger partial charge on any atom is -0.497 e. The Morgan fingerprint density at radius 3 is 2.56 bits per heavy atom. The molecule has 4 heteroatoms. The topological polar surface area (TPSA) is 55.8 Å². The average Bonchev–Trinajstić information content (AvgIpc) is 2.29. The third-order valence-electron chi connectivity index (χ3n) is 2.14. The molecular weight excluding hydrogens is 208 g/mol. The SMILES string of the molecule is COc1ccc(CCCOCC(=O)O)cc1. The Labute approximate surface area is 94.8 Å². The van der Waals surface area contributed by atoms with Crippen LogP contribution in [0.25, 0.3) is 0 Å². The van der Waals surface area contributed by atoms with Crippen molar-refractivity contribution in [2.45, 2.75) is 12.8 Å². The lowest BCUT2D eigenvalue weighted by atomic mass is 10.1. The number of aryl methyl sites for hydroxylation is 1. The molecule has 0 aliphatic heterocycles. The molecule has 0 bridgehead atoms. The monoisotopic (exact) mass is 224 g/mol. The van der Waals surface area contributed by atoms with E-state index in [0.29, 0.717) is 6.61 Å². The smallest absolute Gasteiger partial charge is 0.329 e. The first kappa shape index (κ1) is 12.5. The van der Waals surface area contributed by atoms with Gasteiger partial charge in [-0.3, -0.25) is 0 Å². The van der Waals surface area contributed by atoms with Crippen molar-refractivity contribution in [1.82, 2.24) is 0 Å². The molecule has 0 heterocycles. The normalized spacial score (nSPS) is 10.1. The molecule has 0 spiro atoms. The van der Waals surface area contributed by atoms with Gasteiger partial charge in [0.15, 0.2) is 0 Å². The number of methoxy groups -OCH3 is 1. The van der Waals surface area contributed by atoms with Crippen LogP contribution in [-0.2, 0) is 16.0 Å². The number of carboxylic acid groups (broad SMARTS) is 1. The zero-order valence-corrected chi connectivity index (χ0v) is 9.31. The summed E-state index contributed by atoms with van der Waals surface area (Å²) >= 11 is 0. The van der Waals surface area contributed by atoms with Gasteiger partial charge in [0.2, 0.25) is 0 Å². The molecule has 0 saturated heterocycles. The summed E-state index contributed by atoms with van der Waals surface area (Å²) in [6.45, 7) is 0.251. The fraction of sp³-hybridized carbons (Fsp3) is 0.417. The maximum absolute atomic E-state index is 10.2. The second kappa shape index (κ2) is 6.85. The van der Waals surface area contributed by atoms with Gasteiger partial charge in [0.25, 0.3) is 0 Å². The van der Waals surface area contributed by atoms with E-state index < -0.39 is 5.97 Å². The summed E-state index contributed by atoms with van der Waals surface area (Å²) in [6, 6.07) is 7.81. The Balaban J connectivity index is 2.19. The molecule has 4 nitrogen and oxygen atoms in total. The Morgan fingerprint density at radius 1 is 1.31 bits per heavy atom. The van der Waals surface area contributed by atoms with Gasteiger partial charge in [0.05, 0.1) is 7.11 Å². The molecule has 0 unspecified atom stereocenters. The van der Waals surface area contributed by atoms with Gasteiger partial charge in [-0.05, 0) is 30.5 Å². The quantitative estimate of drug-likeness (QED) is 0.716. The van der Waals surface area contributed by atoms with Crippen LogP contribution in [0, 0.1) is 0 Å².